The van der Waals surface area contributed by atoms with Crippen LogP contribution in [0, 0.1) is 0 Å². The molecule has 0 bridgehead atoms. The maximum atomic E-state index is 12.3. The van der Waals surface area contributed by atoms with E-state index in [1.54, 1.807) is 7.11 Å². The molecule has 3 rings (SSSR count). The van der Waals surface area contributed by atoms with Crippen LogP contribution in [0.3, 0.4) is 0 Å². The minimum absolute atomic E-state index is 0.0314. The summed E-state index contributed by atoms with van der Waals surface area (Å²) in [4.78, 5) is 12.3. The zero-order valence-corrected chi connectivity index (χ0v) is 16.7. The van der Waals surface area contributed by atoms with Gasteiger partial charge in [0.25, 0.3) is 0 Å². The van der Waals surface area contributed by atoms with Crippen molar-refractivity contribution in [3.05, 3.63) is 45.9 Å². The predicted molar refractivity (Wildman–Crippen MR) is 105 cm³/mol. The van der Waals surface area contributed by atoms with Crippen LogP contribution in [-0.2, 0) is 4.79 Å². The van der Waals surface area contributed by atoms with Gasteiger partial charge in [0.05, 0.1) is 20.3 Å². The number of hydrogen-bond donors (Lipinski definition) is 1. The first kappa shape index (κ1) is 18.6. The van der Waals surface area contributed by atoms with Crippen molar-refractivity contribution < 1.29 is 19.0 Å². The first-order chi connectivity index (χ1) is 12.6. The molecule has 5 nitrogen and oxygen atoms in total. The molecule has 0 spiro atoms. The van der Waals surface area contributed by atoms with E-state index in [1.165, 1.54) is 0 Å². The zero-order chi connectivity index (χ0) is 18.7. The number of amides is 1. The van der Waals surface area contributed by atoms with Crippen molar-refractivity contribution in [3.63, 3.8) is 0 Å². The molecule has 1 heterocycles. The standard InChI is InChI=1S/C20H22BrNO4/c1-4-25-18-9-14-13(15-8-12(21)6-7-17(15)24-3)10-20(23)22-16(14)11-19(18)26-5-2/h6-9,11,13H,4-5,10H2,1-3H3,(H,22,23). The van der Waals surface area contributed by atoms with Gasteiger partial charge in [0.15, 0.2) is 11.5 Å². The summed E-state index contributed by atoms with van der Waals surface area (Å²) in [5, 5.41) is 2.95. The molecule has 0 saturated carbocycles. The quantitative estimate of drug-likeness (QED) is 0.734. The van der Waals surface area contributed by atoms with E-state index in [2.05, 4.69) is 21.2 Å². The molecule has 0 aromatic heterocycles. The number of ether oxygens (including phenoxy) is 3. The van der Waals surface area contributed by atoms with Crippen molar-refractivity contribution in [2.75, 3.05) is 25.6 Å². The van der Waals surface area contributed by atoms with Gasteiger partial charge in [0, 0.05) is 34.1 Å². The first-order valence-corrected chi connectivity index (χ1v) is 9.43. The number of fused-ring (bicyclic) bond motifs is 1. The molecule has 1 atom stereocenters. The molecule has 2 aromatic carbocycles. The van der Waals surface area contributed by atoms with Crippen LogP contribution in [0.25, 0.3) is 0 Å². The van der Waals surface area contributed by atoms with E-state index in [-0.39, 0.29) is 11.8 Å². The van der Waals surface area contributed by atoms with Gasteiger partial charge >= 0.3 is 0 Å². The van der Waals surface area contributed by atoms with Crippen molar-refractivity contribution in [2.24, 2.45) is 0 Å². The van der Waals surface area contributed by atoms with Gasteiger partial charge in [-0.1, -0.05) is 15.9 Å². The summed E-state index contributed by atoms with van der Waals surface area (Å²) in [6, 6.07) is 9.65. The molecule has 0 radical (unpaired) electrons. The van der Waals surface area contributed by atoms with Crippen LogP contribution in [0.5, 0.6) is 17.2 Å². The Morgan fingerprint density at radius 1 is 1.04 bits per heavy atom. The minimum atomic E-state index is -0.124. The van der Waals surface area contributed by atoms with Crippen LogP contribution in [0.1, 0.15) is 37.3 Å². The fraction of sp³-hybridized carbons (Fsp3) is 0.350. The van der Waals surface area contributed by atoms with Gasteiger partial charge in [-0.05, 0) is 43.7 Å². The number of carbonyl (C=O) groups is 1. The van der Waals surface area contributed by atoms with E-state index in [1.807, 2.05) is 44.2 Å². The lowest BCUT2D eigenvalue weighted by Crippen LogP contribution is -2.24. The molecule has 1 N–H and O–H groups in total. The third-order valence-electron chi connectivity index (χ3n) is 4.32. The SMILES string of the molecule is CCOc1cc2c(cc1OCC)C(c1cc(Br)ccc1OC)CC(=O)N2. The van der Waals surface area contributed by atoms with Gasteiger partial charge in [-0.15, -0.1) is 0 Å². The van der Waals surface area contributed by atoms with Gasteiger partial charge in [-0.3, -0.25) is 4.79 Å². The Balaban J connectivity index is 2.15. The summed E-state index contributed by atoms with van der Waals surface area (Å²) < 4.78 is 17.9. The van der Waals surface area contributed by atoms with Gasteiger partial charge < -0.3 is 19.5 Å². The highest BCUT2D eigenvalue weighted by Gasteiger charge is 2.30. The normalized spacial score (nSPS) is 15.8. The van der Waals surface area contributed by atoms with Crippen LogP contribution in [0.15, 0.2) is 34.8 Å². The largest absolute Gasteiger partial charge is 0.496 e. The average Bonchev–Trinajstić information content (AvgIpc) is 2.62. The fourth-order valence-electron chi connectivity index (χ4n) is 3.26. The predicted octanol–water partition coefficient (Wildman–Crippen LogP) is 4.73. The number of methoxy groups -OCH3 is 1. The van der Waals surface area contributed by atoms with Crippen molar-refractivity contribution in [3.8, 4) is 17.2 Å². The first-order valence-electron chi connectivity index (χ1n) is 8.64. The molecule has 26 heavy (non-hydrogen) atoms. The molecule has 1 amide bonds. The summed E-state index contributed by atoms with van der Waals surface area (Å²) in [5.74, 6) is 1.92. The third kappa shape index (κ3) is 3.65. The molecule has 6 heteroatoms. The molecule has 0 saturated heterocycles. The lowest BCUT2D eigenvalue weighted by Gasteiger charge is -2.28. The van der Waals surface area contributed by atoms with Gasteiger partial charge in [-0.2, -0.15) is 0 Å². The second kappa shape index (κ2) is 7.99. The lowest BCUT2D eigenvalue weighted by molar-refractivity contribution is -0.116. The van der Waals surface area contributed by atoms with E-state index >= 15 is 0 Å². The maximum Gasteiger partial charge on any atom is 0.225 e. The Labute approximate surface area is 161 Å². The molecule has 0 aliphatic carbocycles. The zero-order valence-electron chi connectivity index (χ0n) is 15.1. The number of benzene rings is 2. The van der Waals surface area contributed by atoms with E-state index in [9.17, 15) is 4.79 Å². The molecule has 1 aliphatic rings. The van der Waals surface area contributed by atoms with Crippen LogP contribution in [0.4, 0.5) is 5.69 Å². The number of nitrogens with one attached hydrogen (secondary N) is 1. The monoisotopic (exact) mass is 419 g/mol. The molecule has 2 aromatic rings. The summed E-state index contributed by atoms with van der Waals surface area (Å²) >= 11 is 3.52. The second-order valence-corrected chi connectivity index (χ2v) is 6.86. The van der Waals surface area contributed by atoms with Crippen LogP contribution in [-0.4, -0.2) is 26.2 Å². The topological polar surface area (TPSA) is 56.8 Å². The van der Waals surface area contributed by atoms with Crippen LogP contribution < -0.4 is 19.5 Å². The highest BCUT2D eigenvalue weighted by Crippen LogP contribution is 2.45. The molecule has 138 valence electrons. The number of rotatable bonds is 6. The van der Waals surface area contributed by atoms with Crippen LogP contribution in [0.2, 0.25) is 0 Å². The Bertz CT molecular complexity index is 822. The van der Waals surface area contributed by atoms with E-state index in [0.29, 0.717) is 31.1 Å². The molecule has 1 unspecified atom stereocenters. The second-order valence-electron chi connectivity index (χ2n) is 5.94. The number of halogens is 1. The van der Waals surface area contributed by atoms with Gasteiger partial charge in [-0.25, -0.2) is 0 Å². The maximum absolute atomic E-state index is 12.3. The Hall–Kier alpha value is -2.21. The smallest absolute Gasteiger partial charge is 0.225 e. The van der Waals surface area contributed by atoms with Crippen molar-refractivity contribution in [1.29, 1.82) is 0 Å². The summed E-state index contributed by atoms with van der Waals surface area (Å²) in [7, 11) is 1.64. The summed E-state index contributed by atoms with van der Waals surface area (Å²) in [6.07, 6.45) is 0.347. The highest BCUT2D eigenvalue weighted by molar-refractivity contribution is 9.10. The van der Waals surface area contributed by atoms with Crippen molar-refractivity contribution in [2.45, 2.75) is 26.2 Å². The third-order valence-corrected chi connectivity index (χ3v) is 4.82. The number of hydrogen-bond acceptors (Lipinski definition) is 4. The number of carbonyl (C=O) groups excluding carboxylic acids is 1. The molecule has 1 aliphatic heterocycles. The minimum Gasteiger partial charge on any atom is -0.496 e. The van der Waals surface area contributed by atoms with E-state index in [4.69, 9.17) is 14.2 Å². The van der Waals surface area contributed by atoms with E-state index < -0.39 is 0 Å². The van der Waals surface area contributed by atoms with Crippen molar-refractivity contribution in [1.82, 2.24) is 0 Å². The van der Waals surface area contributed by atoms with Crippen LogP contribution >= 0.6 is 15.9 Å². The van der Waals surface area contributed by atoms with E-state index in [0.717, 1.165) is 27.0 Å². The lowest BCUT2D eigenvalue weighted by atomic mass is 9.84. The Kier molecular flexibility index (Phi) is 5.71. The average molecular weight is 420 g/mol. The summed E-state index contributed by atoms with van der Waals surface area (Å²) in [5.41, 5.74) is 2.71. The van der Waals surface area contributed by atoms with Gasteiger partial charge in [0.1, 0.15) is 5.75 Å². The molecular formula is C20H22BrNO4. The Morgan fingerprint density at radius 3 is 2.38 bits per heavy atom. The molecular weight excluding hydrogens is 398 g/mol. The highest BCUT2D eigenvalue weighted by atomic mass is 79.9. The Morgan fingerprint density at radius 2 is 1.73 bits per heavy atom. The fourth-order valence-corrected chi connectivity index (χ4v) is 3.64. The van der Waals surface area contributed by atoms with Gasteiger partial charge in [0.2, 0.25) is 5.91 Å². The number of anilines is 1. The van der Waals surface area contributed by atoms with Crippen molar-refractivity contribution >= 4 is 27.5 Å². The molecule has 0 fully saturated rings. The summed E-state index contributed by atoms with van der Waals surface area (Å²) in [6.45, 7) is 4.92.